The molecular weight excluding hydrogens is 240 g/mol. The number of carbonyl (C=O) groups excluding carboxylic acids is 2. The largest absolute Gasteiger partial charge is 0.331 e. The summed E-state index contributed by atoms with van der Waals surface area (Å²) in [5, 5.41) is 3.46. The molecular formula is C15H26N2O2. The summed E-state index contributed by atoms with van der Waals surface area (Å²) in [6.07, 6.45) is 3.71. The van der Waals surface area contributed by atoms with Gasteiger partial charge < -0.3 is 10.2 Å². The summed E-state index contributed by atoms with van der Waals surface area (Å²) >= 11 is 0. The number of ketones is 1. The average molecular weight is 266 g/mol. The highest BCUT2D eigenvalue weighted by Gasteiger charge is 2.40. The summed E-state index contributed by atoms with van der Waals surface area (Å²) in [5.41, 5.74) is 0.181. The van der Waals surface area contributed by atoms with Crippen molar-refractivity contribution in [3.8, 4) is 0 Å². The van der Waals surface area contributed by atoms with Gasteiger partial charge in [-0.15, -0.1) is 0 Å². The molecule has 2 aliphatic rings. The molecule has 4 nitrogen and oxygen atoms in total. The highest BCUT2D eigenvalue weighted by molar-refractivity contribution is 5.90. The van der Waals surface area contributed by atoms with Gasteiger partial charge in [0.2, 0.25) is 5.91 Å². The number of hydrogen-bond acceptors (Lipinski definition) is 3. The van der Waals surface area contributed by atoms with Gasteiger partial charge in [0, 0.05) is 12.6 Å². The molecule has 1 amide bonds. The molecule has 0 radical (unpaired) electrons. The topological polar surface area (TPSA) is 49.4 Å². The number of hydrogen-bond donors (Lipinski definition) is 1. The van der Waals surface area contributed by atoms with Crippen LogP contribution in [0.4, 0.5) is 0 Å². The second-order valence-corrected chi connectivity index (χ2v) is 7.02. The van der Waals surface area contributed by atoms with E-state index in [1.165, 1.54) is 0 Å². The molecule has 0 spiro atoms. The van der Waals surface area contributed by atoms with Crippen LogP contribution in [0.5, 0.6) is 0 Å². The van der Waals surface area contributed by atoms with Crippen molar-refractivity contribution in [1.82, 2.24) is 10.2 Å². The Morgan fingerprint density at radius 2 is 1.84 bits per heavy atom. The minimum absolute atomic E-state index is 0.0934. The molecule has 0 aromatic heterocycles. The summed E-state index contributed by atoms with van der Waals surface area (Å²) < 4.78 is 0. The Bertz CT molecular complexity index is 373. The van der Waals surface area contributed by atoms with Gasteiger partial charge in [-0.3, -0.25) is 9.59 Å². The van der Waals surface area contributed by atoms with E-state index in [9.17, 15) is 9.59 Å². The van der Waals surface area contributed by atoms with Crippen LogP contribution in [0.3, 0.4) is 0 Å². The first-order chi connectivity index (χ1) is 8.80. The van der Waals surface area contributed by atoms with E-state index in [0.29, 0.717) is 6.04 Å². The lowest BCUT2D eigenvalue weighted by Crippen LogP contribution is -2.50. The van der Waals surface area contributed by atoms with Crippen LogP contribution in [0.1, 0.15) is 53.4 Å². The summed E-state index contributed by atoms with van der Waals surface area (Å²) in [5.74, 6) is 0.251. The molecule has 2 heterocycles. The lowest BCUT2D eigenvalue weighted by atomic mass is 9.86. The van der Waals surface area contributed by atoms with E-state index in [1.807, 2.05) is 0 Å². The van der Waals surface area contributed by atoms with Crippen molar-refractivity contribution >= 4 is 11.7 Å². The molecule has 1 unspecified atom stereocenters. The zero-order valence-corrected chi connectivity index (χ0v) is 12.5. The Labute approximate surface area is 115 Å². The average Bonchev–Trinajstić information content (AvgIpc) is 2.96. The Morgan fingerprint density at radius 3 is 2.37 bits per heavy atom. The Kier molecular flexibility index (Phi) is 4.00. The maximum atomic E-state index is 12.5. The third kappa shape index (κ3) is 2.99. The molecule has 108 valence electrons. The van der Waals surface area contributed by atoms with Gasteiger partial charge in [0.15, 0.2) is 5.78 Å². The lowest BCUT2D eigenvalue weighted by molar-refractivity contribution is -0.138. The van der Waals surface area contributed by atoms with E-state index in [4.69, 9.17) is 0 Å². The molecule has 0 aromatic rings. The van der Waals surface area contributed by atoms with Crippen LogP contribution in [0, 0.1) is 5.41 Å². The molecule has 0 bridgehead atoms. The number of carbonyl (C=O) groups is 2. The number of amides is 1. The highest BCUT2D eigenvalue weighted by Crippen LogP contribution is 2.30. The van der Waals surface area contributed by atoms with E-state index in [0.717, 1.165) is 32.2 Å². The van der Waals surface area contributed by atoms with Crippen molar-refractivity contribution in [3.63, 3.8) is 0 Å². The fraction of sp³-hybridized carbons (Fsp3) is 0.867. The van der Waals surface area contributed by atoms with Crippen LogP contribution in [-0.2, 0) is 9.59 Å². The van der Waals surface area contributed by atoms with Crippen LogP contribution >= 0.6 is 0 Å². The first kappa shape index (κ1) is 14.5. The van der Waals surface area contributed by atoms with Gasteiger partial charge in [-0.2, -0.15) is 0 Å². The Balaban J connectivity index is 2.00. The van der Waals surface area contributed by atoms with Crippen molar-refractivity contribution in [2.24, 2.45) is 5.41 Å². The Hall–Kier alpha value is -0.900. The first-order valence-electron chi connectivity index (χ1n) is 7.37. The molecule has 2 fully saturated rings. The summed E-state index contributed by atoms with van der Waals surface area (Å²) in [6.45, 7) is 8.93. The SMILES string of the molecule is CC(=O)[C@H]1CCCN1C(=O)[C@@H]1CCC(C(C)(C)C)N1. The summed E-state index contributed by atoms with van der Waals surface area (Å²) in [7, 11) is 0. The van der Waals surface area contributed by atoms with Crippen LogP contribution in [0.15, 0.2) is 0 Å². The maximum absolute atomic E-state index is 12.5. The minimum Gasteiger partial charge on any atom is -0.331 e. The fourth-order valence-electron chi connectivity index (χ4n) is 3.27. The number of Topliss-reactive ketones (excluding diaryl/α,β-unsaturated/α-hetero) is 1. The molecule has 0 aromatic carbocycles. The van der Waals surface area contributed by atoms with E-state index in [-0.39, 0.29) is 29.2 Å². The molecule has 4 heteroatoms. The second kappa shape index (κ2) is 5.23. The number of nitrogens with one attached hydrogen (secondary N) is 1. The molecule has 2 saturated heterocycles. The third-order valence-corrected chi connectivity index (χ3v) is 4.50. The zero-order chi connectivity index (χ0) is 14.2. The van der Waals surface area contributed by atoms with Gasteiger partial charge in [0.05, 0.1) is 12.1 Å². The predicted molar refractivity (Wildman–Crippen MR) is 74.8 cm³/mol. The summed E-state index contributed by atoms with van der Waals surface area (Å²) in [6, 6.07) is 0.118. The van der Waals surface area contributed by atoms with Crippen molar-refractivity contribution in [2.75, 3.05) is 6.54 Å². The van der Waals surface area contributed by atoms with Crippen LogP contribution in [0.2, 0.25) is 0 Å². The van der Waals surface area contributed by atoms with E-state index in [1.54, 1.807) is 11.8 Å². The van der Waals surface area contributed by atoms with E-state index >= 15 is 0 Å². The van der Waals surface area contributed by atoms with Gasteiger partial charge in [-0.05, 0) is 38.0 Å². The van der Waals surface area contributed by atoms with Gasteiger partial charge in [0.1, 0.15) is 0 Å². The quantitative estimate of drug-likeness (QED) is 0.828. The molecule has 1 N–H and O–H groups in total. The fourth-order valence-corrected chi connectivity index (χ4v) is 3.27. The normalized spacial score (nSPS) is 31.8. The van der Waals surface area contributed by atoms with Gasteiger partial charge in [-0.1, -0.05) is 20.8 Å². The zero-order valence-electron chi connectivity index (χ0n) is 12.5. The van der Waals surface area contributed by atoms with Crippen molar-refractivity contribution in [2.45, 2.75) is 71.5 Å². The smallest absolute Gasteiger partial charge is 0.240 e. The van der Waals surface area contributed by atoms with Crippen LogP contribution < -0.4 is 5.32 Å². The number of likely N-dealkylation sites (tertiary alicyclic amines) is 1. The number of rotatable bonds is 2. The molecule has 3 atom stereocenters. The molecule has 2 aliphatic heterocycles. The third-order valence-electron chi connectivity index (χ3n) is 4.50. The first-order valence-corrected chi connectivity index (χ1v) is 7.37. The van der Waals surface area contributed by atoms with Crippen LogP contribution in [0.25, 0.3) is 0 Å². The van der Waals surface area contributed by atoms with Gasteiger partial charge >= 0.3 is 0 Å². The standard InChI is InChI=1S/C15H26N2O2/c1-10(18)12-6-5-9-17(12)14(19)11-7-8-13(16-11)15(2,3)4/h11-13,16H,5-9H2,1-4H3/t11-,12+,13?/m0/s1. The predicted octanol–water partition coefficient (Wildman–Crippen LogP) is 1.73. The minimum atomic E-state index is -0.178. The van der Waals surface area contributed by atoms with Gasteiger partial charge in [-0.25, -0.2) is 0 Å². The molecule has 2 rings (SSSR count). The van der Waals surface area contributed by atoms with E-state index < -0.39 is 0 Å². The van der Waals surface area contributed by atoms with Crippen molar-refractivity contribution in [1.29, 1.82) is 0 Å². The van der Waals surface area contributed by atoms with Crippen molar-refractivity contribution < 1.29 is 9.59 Å². The second-order valence-electron chi connectivity index (χ2n) is 7.02. The lowest BCUT2D eigenvalue weighted by Gasteiger charge is -2.29. The number of nitrogens with zero attached hydrogens (tertiary/aromatic N) is 1. The molecule has 0 saturated carbocycles. The van der Waals surface area contributed by atoms with Crippen LogP contribution in [-0.4, -0.2) is 41.3 Å². The van der Waals surface area contributed by atoms with Crippen molar-refractivity contribution in [3.05, 3.63) is 0 Å². The maximum Gasteiger partial charge on any atom is 0.240 e. The summed E-state index contributed by atoms with van der Waals surface area (Å²) in [4.78, 5) is 25.9. The molecule has 0 aliphatic carbocycles. The molecule has 19 heavy (non-hydrogen) atoms. The highest BCUT2D eigenvalue weighted by atomic mass is 16.2. The van der Waals surface area contributed by atoms with E-state index in [2.05, 4.69) is 26.1 Å². The monoisotopic (exact) mass is 266 g/mol. The Morgan fingerprint density at radius 1 is 1.16 bits per heavy atom. The van der Waals surface area contributed by atoms with Gasteiger partial charge in [0.25, 0.3) is 0 Å².